The summed E-state index contributed by atoms with van der Waals surface area (Å²) in [6, 6.07) is 9.19. The van der Waals surface area contributed by atoms with Crippen LogP contribution < -0.4 is 0 Å². The van der Waals surface area contributed by atoms with Gasteiger partial charge in [0.1, 0.15) is 0 Å². The minimum atomic E-state index is -1.55. The van der Waals surface area contributed by atoms with Crippen LogP contribution in [0.5, 0.6) is 0 Å². The van der Waals surface area contributed by atoms with Crippen LogP contribution in [0.4, 0.5) is 0 Å². The first-order valence-electron chi connectivity index (χ1n) is 4.88. The van der Waals surface area contributed by atoms with Crippen LogP contribution in [0.15, 0.2) is 41.1 Å². The third kappa shape index (κ3) is 3.65. The van der Waals surface area contributed by atoms with Gasteiger partial charge in [-0.15, -0.1) is 0 Å². The number of halogens is 1. The van der Waals surface area contributed by atoms with Crippen molar-refractivity contribution in [1.29, 1.82) is 0 Å². The molecule has 0 saturated carbocycles. The highest BCUT2D eigenvalue weighted by Gasteiger charge is 2.18. The minimum absolute atomic E-state index is 0.0111. The largest absolute Gasteiger partial charge is 0.289 e. The molecule has 0 amide bonds. The molecule has 3 heteroatoms. The quantitative estimate of drug-likeness (QED) is 0.444. The monoisotopic (exact) mass is 238 g/mol. The first kappa shape index (κ1) is 12.2. The summed E-state index contributed by atoms with van der Waals surface area (Å²) in [5.74, 6) is -0.0111. The van der Waals surface area contributed by atoms with Gasteiger partial charge in [-0.3, -0.25) is 4.79 Å². The maximum atomic E-state index is 11.8. The second-order valence-electron chi connectivity index (χ2n) is 4.47. The molecule has 0 aliphatic carbocycles. The lowest BCUT2D eigenvalue weighted by Gasteiger charge is -2.13. The van der Waals surface area contributed by atoms with Crippen molar-refractivity contribution in [2.24, 2.45) is 0 Å². The Labute approximate surface area is 96.8 Å². The lowest BCUT2D eigenvalue weighted by molar-refractivity contribution is 0.104. The molecule has 0 atom stereocenters. The van der Waals surface area contributed by atoms with Crippen molar-refractivity contribution in [2.45, 2.75) is 19.6 Å². The molecule has 1 rings (SSSR count). The lowest BCUT2D eigenvalue weighted by atomic mass is 10.1. The summed E-state index contributed by atoms with van der Waals surface area (Å²) in [5.41, 5.74) is 0.689. The summed E-state index contributed by atoms with van der Waals surface area (Å²) < 4.78 is 0.719. The molecule has 0 spiro atoms. The Bertz CT molecular complexity index is 376. The van der Waals surface area contributed by atoms with E-state index in [4.69, 9.17) is 11.6 Å². The van der Waals surface area contributed by atoms with Gasteiger partial charge in [0.25, 0.3) is 0 Å². The molecule has 15 heavy (non-hydrogen) atoms. The molecule has 0 radical (unpaired) electrons. The molecule has 0 aromatic heterocycles. The fraction of sp³-hybridized carbons (Fsp3) is 0.250. The number of hydrogen-bond donors (Lipinski definition) is 0. The van der Waals surface area contributed by atoms with Gasteiger partial charge in [-0.2, -0.15) is 0 Å². The molecule has 80 valence electrons. The molecule has 0 heterocycles. The van der Waals surface area contributed by atoms with Gasteiger partial charge in [0.15, 0.2) is 5.78 Å². The van der Waals surface area contributed by atoms with Gasteiger partial charge < -0.3 is 0 Å². The number of benzene rings is 1. The van der Waals surface area contributed by atoms with E-state index >= 15 is 0 Å². The molecule has 0 aliphatic rings. The van der Waals surface area contributed by atoms with Crippen LogP contribution in [0.3, 0.4) is 0 Å². The summed E-state index contributed by atoms with van der Waals surface area (Å²) in [6.07, 6.45) is 1.56. The smallest absolute Gasteiger partial charge is 0.186 e. The Morgan fingerprint density at radius 3 is 2.20 bits per heavy atom. The minimum Gasteiger partial charge on any atom is -0.289 e. The van der Waals surface area contributed by atoms with Crippen LogP contribution in [-0.2, 0) is 0 Å². The predicted molar refractivity (Wildman–Crippen MR) is 68.1 cm³/mol. The van der Waals surface area contributed by atoms with Crippen LogP contribution in [0.25, 0.3) is 0 Å². The first-order chi connectivity index (χ1) is 6.91. The average Bonchev–Trinajstić information content (AvgIpc) is 2.17. The Morgan fingerprint density at radius 1 is 1.20 bits per heavy atom. The first-order valence-corrected chi connectivity index (χ1v) is 8.76. The zero-order valence-corrected chi connectivity index (χ0v) is 11.0. The number of carbonyl (C=O) groups is 1. The fourth-order valence-electron chi connectivity index (χ4n) is 1.02. The summed E-state index contributed by atoms with van der Waals surface area (Å²) >= 11 is 6.10. The van der Waals surface area contributed by atoms with Crippen LogP contribution in [0, 0.1) is 0 Å². The van der Waals surface area contributed by atoms with E-state index in [2.05, 4.69) is 19.6 Å². The molecule has 0 N–H and O–H groups in total. The van der Waals surface area contributed by atoms with E-state index in [0.717, 1.165) is 4.66 Å². The van der Waals surface area contributed by atoms with E-state index in [1.54, 1.807) is 18.2 Å². The van der Waals surface area contributed by atoms with Gasteiger partial charge in [0, 0.05) is 10.2 Å². The van der Waals surface area contributed by atoms with Gasteiger partial charge in [-0.25, -0.2) is 0 Å². The summed E-state index contributed by atoms with van der Waals surface area (Å²) in [4.78, 5) is 11.8. The molecule has 0 aliphatic heterocycles. The second kappa shape index (κ2) is 4.77. The van der Waals surface area contributed by atoms with Crippen molar-refractivity contribution in [3.8, 4) is 0 Å². The summed E-state index contributed by atoms with van der Waals surface area (Å²) in [7, 11) is -1.55. The van der Waals surface area contributed by atoms with Crippen molar-refractivity contribution >= 4 is 25.5 Å². The van der Waals surface area contributed by atoms with Crippen LogP contribution in [0.2, 0.25) is 19.6 Å². The van der Waals surface area contributed by atoms with Crippen LogP contribution in [-0.4, -0.2) is 13.9 Å². The van der Waals surface area contributed by atoms with E-state index in [1.807, 2.05) is 18.2 Å². The van der Waals surface area contributed by atoms with E-state index < -0.39 is 8.07 Å². The zero-order valence-electron chi connectivity index (χ0n) is 9.25. The van der Waals surface area contributed by atoms with E-state index in [9.17, 15) is 4.79 Å². The molecule has 1 aromatic carbocycles. The lowest BCUT2D eigenvalue weighted by Crippen LogP contribution is -2.21. The Morgan fingerprint density at radius 2 is 1.73 bits per heavy atom. The molecular weight excluding hydrogens is 224 g/mol. The van der Waals surface area contributed by atoms with Gasteiger partial charge in [-0.05, 0) is 6.08 Å². The predicted octanol–water partition coefficient (Wildman–Crippen LogP) is 3.87. The molecule has 0 saturated heterocycles. The Kier molecular flexibility index (Phi) is 3.88. The number of ketones is 1. The highest BCUT2D eigenvalue weighted by Crippen LogP contribution is 2.19. The van der Waals surface area contributed by atoms with E-state index in [0.29, 0.717) is 5.56 Å². The van der Waals surface area contributed by atoms with Crippen molar-refractivity contribution in [3.63, 3.8) is 0 Å². The number of rotatable bonds is 3. The molecule has 0 unspecified atom stereocenters. The van der Waals surface area contributed by atoms with Crippen molar-refractivity contribution in [1.82, 2.24) is 0 Å². The zero-order chi connectivity index (χ0) is 11.5. The van der Waals surface area contributed by atoms with Crippen molar-refractivity contribution in [2.75, 3.05) is 0 Å². The Hall–Kier alpha value is -0.863. The second-order valence-corrected chi connectivity index (χ2v) is 10.2. The number of hydrogen-bond acceptors (Lipinski definition) is 1. The topological polar surface area (TPSA) is 17.1 Å². The Balaban J connectivity index is 2.90. The van der Waals surface area contributed by atoms with Gasteiger partial charge in [-0.1, -0.05) is 61.6 Å². The summed E-state index contributed by atoms with van der Waals surface area (Å²) in [5, 5.41) is 0. The van der Waals surface area contributed by atoms with E-state index in [-0.39, 0.29) is 5.78 Å². The standard InChI is InChI=1S/C12H15ClOSi/c1-15(2,3)12(13)9-11(14)10-7-5-4-6-8-10/h4-9H,1-3H3/b12-9-. The molecular formula is C12H15ClOSi. The maximum Gasteiger partial charge on any atom is 0.186 e. The highest BCUT2D eigenvalue weighted by atomic mass is 35.5. The van der Waals surface area contributed by atoms with E-state index in [1.165, 1.54) is 0 Å². The van der Waals surface area contributed by atoms with Crippen LogP contribution in [0.1, 0.15) is 10.4 Å². The molecule has 1 aromatic rings. The molecule has 0 fully saturated rings. The maximum absolute atomic E-state index is 11.8. The summed E-state index contributed by atoms with van der Waals surface area (Å²) in [6.45, 7) is 6.35. The number of allylic oxidation sites excluding steroid dienone is 1. The molecule has 0 bridgehead atoms. The third-order valence-electron chi connectivity index (χ3n) is 2.03. The normalized spacial score (nSPS) is 12.7. The van der Waals surface area contributed by atoms with Crippen molar-refractivity contribution < 1.29 is 4.79 Å². The average molecular weight is 239 g/mol. The number of carbonyl (C=O) groups excluding carboxylic acids is 1. The van der Waals surface area contributed by atoms with Gasteiger partial charge >= 0.3 is 0 Å². The third-order valence-corrected chi connectivity index (χ3v) is 5.42. The highest BCUT2D eigenvalue weighted by molar-refractivity contribution is 6.91. The fourth-order valence-corrected chi connectivity index (χ4v) is 1.68. The van der Waals surface area contributed by atoms with Crippen molar-refractivity contribution in [3.05, 3.63) is 46.6 Å². The van der Waals surface area contributed by atoms with Gasteiger partial charge in [0.2, 0.25) is 0 Å². The van der Waals surface area contributed by atoms with Gasteiger partial charge in [0.05, 0.1) is 8.07 Å². The SMILES string of the molecule is C[Si](C)(C)/C(Cl)=C\C(=O)c1ccccc1. The van der Waals surface area contributed by atoms with Crippen LogP contribution >= 0.6 is 11.6 Å². The molecule has 1 nitrogen and oxygen atoms in total.